The summed E-state index contributed by atoms with van der Waals surface area (Å²) in [5.74, 6) is -0.256. The molecule has 0 radical (unpaired) electrons. The first-order valence-electron chi connectivity index (χ1n) is 16.0. The van der Waals surface area contributed by atoms with Crippen LogP contribution < -0.4 is 5.69 Å². The summed E-state index contributed by atoms with van der Waals surface area (Å²) in [6.07, 6.45) is -2.73. The highest BCUT2D eigenvalue weighted by atomic mass is 19.4. The van der Waals surface area contributed by atoms with Crippen molar-refractivity contribution in [3.8, 4) is 11.1 Å². The second-order valence-corrected chi connectivity index (χ2v) is 12.3. The summed E-state index contributed by atoms with van der Waals surface area (Å²) in [5, 5.41) is 0. The zero-order chi connectivity index (χ0) is 34.2. The van der Waals surface area contributed by atoms with E-state index in [0.717, 1.165) is 28.8 Å². The van der Waals surface area contributed by atoms with Gasteiger partial charge in [0.2, 0.25) is 5.91 Å². The molecule has 248 valence electrons. The lowest BCUT2D eigenvalue weighted by Crippen LogP contribution is -2.52. The number of likely N-dealkylation sites (tertiary alicyclic amines) is 1. The lowest BCUT2D eigenvalue weighted by atomic mass is 9.76. The van der Waals surface area contributed by atoms with Gasteiger partial charge in [-0.15, -0.1) is 0 Å². The summed E-state index contributed by atoms with van der Waals surface area (Å²) < 4.78 is 56.9. The van der Waals surface area contributed by atoms with E-state index in [-0.39, 0.29) is 29.6 Å². The normalized spacial score (nSPS) is 13.8. The average molecular weight is 665 g/mol. The number of pyridine rings is 1. The number of hydrogen-bond acceptors (Lipinski definition) is 3. The molecule has 6 aromatic rings. The number of rotatable bonds is 9. The van der Waals surface area contributed by atoms with Crippen LogP contribution in [0.2, 0.25) is 0 Å². The Balaban J connectivity index is 1.51. The molecule has 6 nitrogen and oxygen atoms in total. The molecule has 1 saturated heterocycles. The summed E-state index contributed by atoms with van der Waals surface area (Å²) in [6, 6.07) is 35.1. The summed E-state index contributed by atoms with van der Waals surface area (Å²) >= 11 is 0. The highest BCUT2D eigenvalue weighted by Crippen LogP contribution is 2.42. The zero-order valence-electron chi connectivity index (χ0n) is 26.4. The molecule has 0 saturated carbocycles. The number of hydrogen-bond donors (Lipinski definition) is 0. The Morgan fingerprint density at radius 1 is 0.735 bits per heavy atom. The standard InChI is InChI=1S/C39H32F4N4O2/c40-20-19-27-24-45(25-27)35(48)26-46-34-22-29(28-11-10-18-33(21-28)39(41,42)43)23-44-36(34)47(37(46)49)38(30-12-4-1-5-13-30,31-14-6-2-7-15-31)32-16-8-3-9-17-32/h1-18,21-23,27H,19-20,24-26H2. The highest BCUT2D eigenvalue weighted by molar-refractivity contribution is 5.83. The van der Waals surface area contributed by atoms with Crippen molar-refractivity contribution in [2.24, 2.45) is 5.92 Å². The van der Waals surface area contributed by atoms with E-state index in [2.05, 4.69) is 0 Å². The van der Waals surface area contributed by atoms with Crippen molar-refractivity contribution in [1.29, 1.82) is 0 Å². The second-order valence-electron chi connectivity index (χ2n) is 12.3. The van der Waals surface area contributed by atoms with Crippen molar-refractivity contribution in [3.05, 3.63) is 160 Å². The maximum atomic E-state index is 15.0. The number of halogens is 4. The Morgan fingerprint density at radius 2 is 1.29 bits per heavy atom. The van der Waals surface area contributed by atoms with Gasteiger partial charge in [0.1, 0.15) is 12.1 Å². The van der Waals surface area contributed by atoms with Crippen LogP contribution in [0.5, 0.6) is 0 Å². The smallest absolute Gasteiger partial charge is 0.340 e. The topological polar surface area (TPSA) is 60.1 Å². The van der Waals surface area contributed by atoms with Crippen LogP contribution in [0.4, 0.5) is 17.6 Å². The molecule has 1 amide bonds. The number of alkyl halides is 4. The van der Waals surface area contributed by atoms with Gasteiger partial charge in [-0.05, 0) is 52.8 Å². The molecule has 4 aromatic carbocycles. The van der Waals surface area contributed by atoms with Gasteiger partial charge in [-0.2, -0.15) is 13.2 Å². The monoisotopic (exact) mass is 664 g/mol. The minimum atomic E-state index is -4.55. The predicted octanol–water partition coefficient (Wildman–Crippen LogP) is 7.54. The number of benzene rings is 4. The molecule has 7 rings (SSSR count). The van der Waals surface area contributed by atoms with E-state index in [1.54, 1.807) is 21.6 Å². The van der Waals surface area contributed by atoms with Crippen LogP contribution in [0.1, 0.15) is 28.7 Å². The molecular formula is C39H32F4N4O2. The van der Waals surface area contributed by atoms with Crippen LogP contribution in [-0.2, 0) is 23.1 Å². The van der Waals surface area contributed by atoms with Gasteiger partial charge in [-0.1, -0.05) is 103 Å². The van der Waals surface area contributed by atoms with Crippen molar-refractivity contribution in [2.75, 3.05) is 19.8 Å². The minimum absolute atomic E-state index is 0.0584. The van der Waals surface area contributed by atoms with Gasteiger partial charge in [-0.25, -0.2) is 9.78 Å². The summed E-state index contributed by atoms with van der Waals surface area (Å²) in [4.78, 5) is 35.1. The highest BCUT2D eigenvalue weighted by Gasteiger charge is 2.43. The number of imidazole rings is 1. The van der Waals surface area contributed by atoms with E-state index in [1.165, 1.54) is 16.8 Å². The van der Waals surface area contributed by atoms with Crippen LogP contribution in [-0.4, -0.2) is 44.7 Å². The third-order valence-corrected chi connectivity index (χ3v) is 9.33. The van der Waals surface area contributed by atoms with Crippen molar-refractivity contribution in [3.63, 3.8) is 0 Å². The molecule has 3 heterocycles. The Kier molecular flexibility index (Phi) is 8.40. The summed E-state index contributed by atoms with van der Waals surface area (Å²) in [7, 11) is 0. The first kappa shape index (κ1) is 32.1. The van der Waals surface area contributed by atoms with Crippen molar-refractivity contribution in [1.82, 2.24) is 19.0 Å². The van der Waals surface area contributed by atoms with E-state index in [0.29, 0.717) is 30.6 Å². The van der Waals surface area contributed by atoms with Gasteiger partial charge in [0.05, 0.1) is 17.8 Å². The molecular weight excluding hydrogens is 632 g/mol. The van der Waals surface area contributed by atoms with Crippen LogP contribution in [0.25, 0.3) is 22.3 Å². The number of aromatic nitrogens is 3. The van der Waals surface area contributed by atoms with Gasteiger partial charge in [-0.3, -0.25) is 18.3 Å². The minimum Gasteiger partial charge on any atom is -0.340 e. The van der Waals surface area contributed by atoms with Gasteiger partial charge in [0, 0.05) is 24.8 Å². The largest absolute Gasteiger partial charge is 0.416 e. The predicted molar refractivity (Wildman–Crippen MR) is 180 cm³/mol. The van der Waals surface area contributed by atoms with E-state index in [9.17, 15) is 22.4 Å². The number of nitrogens with zero attached hydrogens (tertiary/aromatic N) is 4. The number of amides is 1. The molecule has 0 N–H and O–H groups in total. The Labute approximate surface area is 279 Å². The molecule has 0 unspecified atom stereocenters. The first-order valence-corrected chi connectivity index (χ1v) is 16.0. The summed E-state index contributed by atoms with van der Waals surface area (Å²) in [5.41, 5.74) is 0.863. The third-order valence-electron chi connectivity index (χ3n) is 9.33. The van der Waals surface area contributed by atoms with Crippen LogP contribution in [0.15, 0.2) is 132 Å². The SMILES string of the molecule is O=C(Cn1c(=O)n(C(c2ccccc2)(c2ccccc2)c2ccccc2)c2ncc(-c3cccc(C(F)(F)F)c3)cc21)N1CC(CCF)C1. The van der Waals surface area contributed by atoms with Crippen molar-refractivity contribution >= 4 is 17.1 Å². The molecule has 0 bridgehead atoms. The van der Waals surface area contributed by atoms with Crippen molar-refractivity contribution < 1.29 is 22.4 Å². The van der Waals surface area contributed by atoms with Crippen LogP contribution >= 0.6 is 0 Å². The van der Waals surface area contributed by atoms with Gasteiger partial charge in [0.25, 0.3) is 0 Å². The summed E-state index contributed by atoms with van der Waals surface area (Å²) in [6.45, 7) is -0.00521. The Morgan fingerprint density at radius 3 is 1.82 bits per heavy atom. The van der Waals surface area contributed by atoms with Gasteiger partial charge < -0.3 is 4.90 Å². The molecule has 0 atom stereocenters. The number of carbonyl (C=O) groups is 1. The third kappa shape index (κ3) is 5.71. The molecule has 1 aliphatic heterocycles. The zero-order valence-corrected chi connectivity index (χ0v) is 26.4. The van der Waals surface area contributed by atoms with Crippen molar-refractivity contribution in [2.45, 2.75) is 24.7 Å². The fraction of sp³-hybridized carbons (Fsp3) is 0.205. The molecule has 2 aromatic heterocycles. The van der Waals surface area contributed by atoms with Crippen LogP contribution in [0, 0.1) is 5.92 Å². The Hall–Kier alpha value is -5.51. The molecule has 49 heavy (non-hydrogen) atoms. The maximum absolute atomic E-state index is 15.0. The van der Waals surface area contributed by atoms with E-state index in [4.69, 9.17) is 4.98 Å². The van der Waals surface area contributed by atoms with E-state index >= 15 is 4.79 Å². The quantitative estimate of drug-likeness (QED) is 0.119. The van der Waals surface area contributed by atoms with E-state index in [1.807, 2.05) is 91.0 Å². The second kappa shape index (κ2) is 12.8. The van der Waals surface area contributed by atoms with Crippen LogP contribution in [0.3, 0.4) is 0 Å². The molecule has 0 aliphatic carbocycles. The molecule has 10 heteroatoms. The lowest BCUT2D eigenvalue weighted by Gasteiger charge is -2.39. The first-order chi connectivity index (χ1) is 23.7. The Bertz CT molecular complexity index is 2060. The molecule has 0 spiro atoms. The molecule has 1 fully saturated rings. The average Bonchev–Trinajstić information content (AvgIpc) is 3.37. The fourth-order valence-electron chi connectivity index (χ4n) is 6.89. The van der Waals surface area contributed by atoms with E-state index < -0.39 is 29.6 Å². The lowest BCUT2D eigenvalue weighted by molar-refractivity contribution is -0.138. The molecule has 1 aliphatic rings. The number of fused-ring (bicyclic) bond motifs is 1. The number of carbonyl (C=O) groups excluding carboxylic acids is 1. The van der Waals surface area contributed by atoms with Gasteiger partial charge >= 0.3 is 11.9 Å². The van der Waals surface area contributed by atoms with Gasteiger partial charge in [0.15, 0.2) is 5.65 Å². The fourth-order valence-corrected chi connectivity index (χ4v) is 6.89. The maximum Gasteiger partial charge on any atom is 0.416 e.